The van der Waals surface area contributed by atoms with Crippen molar-refractivity contribution in [2.24, 2.45) is 5.10 Å². The fourth-order valence-electron chi connectivity index (χ4n) is 2.95. The lowest BCUT2D eigenvalue weighted by Gasteiger charge is -2.09. The molecular weight excluding hydrogens is 566 g/mol. The summed E-state index contributed by atoms with van der Waals surface area (Å²) < 4.78 is 7.96. The molecule has 0 spiro atoms. The maximum absolute atomic E-state index is 12.3. The van der Waals surface area contributed by atoms with Crippen LogP contribution in [0, 0.1) is 0 Å². The minimum Gasteiger partial charge on any atom is -0.488 e. The molecule has 0 fully saturated rings. The van der Waals surface area contributed by atoms with Crippen LogP contribution in [0.5, 0.6) is 5.75 Å². The molecule has 12 heteroatoms. The van der Waals surface area contributed by atoms with Gasteiger partial charge in [-0.2, -0.15) is 5.10 Å². The van der Waals surface area contributed by atoms with Crippen molar-refractivity contribution in [1.29, 1.82) is 0 Å². The second-order valence-electron chi connectivity index (χ2n) is 7.32. The van der Waals surface area contributed by atoms with Crippen LogP contribution < -0.4 is 21.3 Å². The van der Waals surface area contributed by atoms with E-state index in [9.17, 15) is 4.79 Å². The molecule has 0 aliphatic heterocycles. The van der Waals surface area contributed by atoms with Crippen molar-refractivity contribution in [3.8, 4) is 5.75 Å². The number of rotatable bonds is 10. The normalized spacial score (nSPS) is 10.9. The van der Waals surface area contributed by atoms with Gasteiger partial charge in [-0.05, 0) is 57.9 Å². The molecule has 0 atom stereocenters. The third kappa shape index (κ3) is 7.00. The Morgan fingerprint density at radius 1 is 1.11 bits per heavy atom. The van der Waals surface area contributed by atoms with E-state index in [1.807, 2.05) is 66.7 Å². The SMILES string of the molecule is Nn1c(N/N=C/c2ccccc2OCc2ccc(Cl)cc2)nnc1SCC(=O)Nc1ccccc1Br. The molecule has 9 nitrogen and oxygen atoms in total. The van der Waals surface area contributed by atoms with Crippen molar-refractivity contribution in [2.45, 2.75) is 11.8 Å². The topological polar surface area (TPSA) is 119 Å². The van der Waals surface area contributed by atoms with Gasteiger partial charge in [0.25, 0.3) is 5.95 Å². The van der Waals surface area contributed by atoms with Crippen LogP contribution in [0.3, 0.4) is 0 Å². The van der Waals surface area contributed by atoms with Crippen LogP contribution in [0.4, 0.5) is 11.6 Å². The van der Waals surface area contributed by atoms with Gasteiger partial charge >= 0.3 is 0 Å². The standard InChI is InChI=1S/C24H21BrClN7O2S/c25-19-6-2-3-7-20(19)29-22(34)15-36-24-32-31-23(33(24)27)30-28-13-17-5-1-4-8-21(17)35-14-16-9-11-18(26)12-10-16/h1-13H,14-15,27H2,(H,29,34)(H,30,31)/b28-13+. The third-order valence-electron chi connectivity index (χ3n) is 4.74. The van der Waals surface area contributed by atoms with Crippen molar-refractivity contribution in [1.82, 2.24) is 14.9 Å². The molecule has 0 aliphatic carbocycles. The van der Waals surface area contributed by atoms with Crippen molar-refractivity contribution in [2.75, 3.05) is 22.3 Å². The van der Waals surface area contributed by atoms with Gasteiger partial charge in [0.1, 0.15) is 12.4 Å². The lowest BCUT2D eigenvalue weighted by molar-refractivity contribution is -0.113. The number of carbonyl (C=O) groups excluding carboxylic acids is 1. The average Bonchev–Trinajstić information content (AvgIpc) is 3.23. The van der Waals surface area contributed by atoms with Crippen molar-refractivity contribution in [3.63, 3.8) is 0 Å². The average molecular weight is 587 g/mol. The number of hydrogen-bond donors (Lipinski definition) is 3. The second kappa shape index (κ2) is 12.4. The molecule has 0 bridgehead atoms. The monoisotopic (exact) mass is 585 g/mol. The Morgan fingerprint density at radius 2 is 1.86 bits per heavy atom. The van der Waals surface area contributed by atoms with E-state index in [0.29, 0.717) is 28.2 Å². The van der Waals surface area contributed by atoms with Crippen LogP contribution in [0.2, 0.25) is 5.02 Å². The van der Waals surface area contributed by atoms with Gasteiger partial charge in [0, 0.05) is 15.1 Å². The number of para-hydroxylation sites is 2. The number of hydrogen-bond acceptors (Lipinski definition) is 8. The number of hydrazone groups is 1. The smallest absolute Gasteiger partial charge is 0.264 e. The molecule has 1 aromatic heterocycles. The summed E-state index contributed by atoms with van der Waals surface area (Å²) in [6.07, 6.45) is 1.60. The van der Waals surface area contributed by atoms with Crippen LogP contribution in [0.1, 0.15) is 11.1 Å². The first-order chi connectivity index (χ1) is 17.5. The van der Waals surface area contributed by atoms with Crippen LogP contribution >= 0.6 is 39.3 Å². The minimum absolute atomic E-state index is 0.109. The predicted octanol–water partition coefficient (Wildman–Crippen LogP) is 5.16. The Balaban J connectivity index is 1.31. The van der Waals surface area contributed by atoms with E-state index in [1.54, 1.807) is 12.3 Å². The number of nitrogen functional groups attached to an aromatic ring is 1. The minimum atomic E-state index is -0.197. The van der Waals surface area contributed by atoms with Crippen LogP contribution in [0.25, 0.3) is 0 Å². The Kier molecular flexibility index (Phi) is 8.82. The number of nitrogens with two attached hydrogens (primary N) is 1. The summed E-state index contributed by atoms with van der Waals surface area (Å²) in [6, 6.07) is 22.3. The van der Waals surface area contributed by atoms with Crippen LogP contribution in [0.15, 0.2) is 87.5 Å². The van der Waals surface area contributed by atoms with E-state index in [0.717, 1.165) is 27.4 Å². The molecule has 0 radical (unpaired) electrons. The molecule has 184 valence electrons. The van der Waals surface area contributed by atoms with Crippen molar-refractivity contribution < 1.29 is 9.53 Å². The summed E-state index contributed by atoms with van der Waals surface area (Å²) in [5, 5.41) is 16.1. The van der Waals surface area contributed by atoms with Gasteiger partial charge in [0.15, 0.2) is 0 Å². The number of aromatic nitrogens is 3. The van der Waals surface area contributed by atoms with Crippen molar-refractivity contribution in [3.05, 3.63) is 93.4 Å². The summed E-state index contributed by atoms with van der Waals surface area (Å²) in [6.45, 7) is 0.391. The first-order valence-electron chi connectivity index (χ1n) is 10.6. The summed E-state index contributed by atoms with van der Waals surface area (Å²) in [5.41, 5.74) is 5.21. The number of benzene rings is 3. The molecular formula is C24H21BrClN7O2S. The number of halogens is 2. The summed E-state index contributed by atoms with van der Waals surface area (Å²) in [7, 11) is 0. The molecule has 1 amide bonds. The largest absolute Gasteiger partial charge is 0.488 e. The van der Waals surface area contributed by atoms with E-state index in [1.165, 1.54) is 4.68 Å². The molecule has 4 aromatic rings. The molecule has 4 rings (SSSR count). The zero-order valence-electron chi connectivity index (χ0n) is 18.8. The molecule has 0 aliphatic rings. The maximum Gasteiger partial charge on any atom is 0.264 e. The Bertz CT molecular complexity index is 1360. The molecule has 3 aromatic carbocycles. The Hall–Kier alpha value is -3.54. The van der Waals surface area contributed by atoms with Gasteiger partial charge in [-0.1, -0.05) is 59.8 Å². The highest BCUT2D eigenvalue weighted by atomic mass is 79.9. The van der Waals surface area contributed by atoms with E-state index < -0.39 is 0 Å². The first kappa shape index (κ1) is 25.5. The first-order valence-corrected chi connectivity index (χ1v) is 12.8. The zero-order chi connectivity index (χ0) is 25.3. The van der Waals surface area contributed by atoms with Gasteiger partial charge in [-0.15, -0.1) is 10.2 Å². The fourth-order valence-corrected chi connectivity index (χ4v) is 4.12. The molecule has 0 saturated carbocycles. The van der Waals surface area contributed by atoms with Gasteiger partial charge in [-0.3, -0.25) is 4.79 Å². The predicted molar refractivity (Wildman–Crippen MR) is 147 cm³/mol. The number of thioether (sulfide) groups is 1. The highest BCUT2D eigenvalue weighted by Crippen LogP contribution is 2.23. The summed E-state index contributed by atoms with van der Waals surface area (Å²) in [4.78, 5) is 12.3. The van der Waals surface area contributed by atoms with E-state index >= 15 is 0 Å². The van der Waals surface area contributed by atoms with E-state index in [2.05, 4.69) is 42.0 Å². The fraction of sp³-hybridized carbons (Fsp3) is 0.0833. The quantitative estimate of drug-likeness (QED) is 0.102. The van der Waals surface area contributed by atoms with Gasteiger partial charge < -0.3 is 15.9 Å². The summed E-state index contributed by atoms with van der Waals surface area (Å²) >= 11 is 10.5. The molecule has 0 unspecified atom stereocenters. The Morgan fingerprint density at radius 3 is 2.67 bits per heavy atom. The molecule has 4 N–H and O–H groups in total. The van der Waals surface area contributed by atoms with Crippen LogP contribution in [-0.2, 0) is 11.4 Å². The second-order valence-corrected chi connectivity index (χ2v) is 9.55. The number of carbonyl (C=O) groups is 1. The van der Waals surface area contributed by atoms with Crippen molar-refractivity contribution >= 4 is 63.1 Å². The summed E-state index contributed by atoms with van der Waals surface area (Å²) in [5.74, 6) is 6.86. The maximum atomic E-state index is 12.3. The lowest BCUT2D eigenvalue weighted by Crippen LogP contribution is -2.17. The van der Waals surface area contributed by atoms with Gasteiger partial charge in [-0.25, -0.2) is 10.1 Å². The number of nitrogens with zero attached hydrogens (tertiary/aromatic N) is 4. The van der Waals surface area contributed by atoms with Gasteiger partial charge in [0.05, 0.1) is 17.7 Å². The van der Waals surface area contributed by atoms with E-state index in [4.69, 9.17) is 22.2 Å². The van der Waals surface area contributed by atoms with Gasteiger partial charge in [0.2, 0.25) is 11.1 Å². The zero-order valence-corrected chi connectivity index (χ0v) is 21.9. The number of amides is 1. The molecule has 1 heterocycles. The van der Waals surface area contributed by atoms with E-state index in [-0.39, 0.29) is 17.6 Å². The third-order valence-corrected chi connectivity index (χ3v) is 6.63. The Labute approximate surface area is 225 Å². The number of anilines is 2. The molecule has 0 saturated heterocycles. The van der Waals surface area contributed by atoms with Crippen LogP contribution in [-0.4, -0.2) is 32.7 Å². The highest BCUT2D eigenvalue weighted by molar-refractivity contribution is 9.10. The number of nitrogens with one attached hydrogen (secondary N) is 2. The molecule has 36 heavy (non-hydrogen) atoms. The lowest BCUT2D eigenvalue weighted by atomic mass is 10.2. The highest BCUT2D eigenvalue weighted by Gasteiger charge is 2.13. The number of ether oxygens (including phenoxy) is 1.